The average molecular weight is 474 g/mol. The Hall–Kier alpha value is -3.60. The van der Waals surface area contributed by atoms with Gasteiger partial charge in [-0.05, 0) is 49.4 Å². The van der Waals surface area contributed by atoms with Gasteiger partial charge in [-0.3, -0.25) is 14.3 Å². The number of aryl methyl sites for hydroxylation is 1. The highest BCUT2D eigenvalue weighted by molar-refractivity contribution is 7.99. The summed E-state index contributed by atoms with van der Waals surface area (Å²) >= 11 is 7.37. The summed E-state index contributed by atoms with van der Waals surface area (Å²) in [6.07, 6.45) is 0. The highest BCUT2D eigenvalue weighted by Gasteiger charge is 2.20. The second-order valence-corrected chi connectivity index (χ2v) is 8.63. The molecule has 0 unspecified atom stereocenters. The Morgan fingerprint density at radius 2 is 1.82 bits per heavy atom. The van der Waals surface area contributed by atoms with Crippen LogP contribution in [-0.2, 0) is 4.79 Å². The lowest BCUT2D eigenvalue weighted by Crippen LogP contribution is -2.32. The second kappa shape index (κ2) is 10.3. The number of carbonyl (C=O) groups excluding carboxylic acids is 1. The third-order valence-electron chi connectivity index (χ3n) is 4.92. The molecule has 6 nitrogen and oxygen atoms in total. The maximum Gasteiger partial charge on any atom is 0.238 e. The summed E-state index contributed by atoms with van der Waals surface area (Å²) in [5.74, 6) is 0.597. The standard InChI is InChI=1S/C25H20ClN5OS/c1-18-6-5-7-19(16-18)24-28-29-25(31(24)22-12-10-20(26)11-13-22)33-17-23(32)30(15-14-27)21-8-3-2-4-9-21/h2-13,16H,15,17H2,1H3. The summed E-state index contributed by atoms with van der Waals surface area (Å²) in [6, 6.07) is 26.7. The second-order valence-electron chi connectivity index (χ2n) is 7.25. The molecule has 0 spiro atoms. The summed E-state index contributed by atoms with van der Waals surface area (Å²) < 4.78 is 1.92. The van der Waals surface area contributed by atoms with E-state index < -0.39 is 0 Å². The van der Waals surface area contributed by atoms with Crippen LogP contribution in [0.3, 0.4) is 0 Å². The fraction of sp³-hybridized carbons (Fsp3) is 0.120. The zero-order valence-corrected chi connectivity index (χ0v) is 19.4. The zero-order chi connectivity index (χ0) is 23.2. The number of hydrogen-bond acceptors (Lipinski definition) is 5. The minimum absolute atomic E-state index is 0.0260. The van der Waals surface area contributed by atoms with Crippen LogP contribution in [-0.4, -0.2) is 33.0 Å². The summed E-state index contributed by atoms with van der Waals surface area (Å²) in [5, 5.41) is 19.2. The Morgan fingerprint density at radius 3 is 2.52 bits per heavy atom. The third-order valence-corrected chi connectivity index (χ3v) is 6.08. The van der Waals surface area contributed by atoms with E-state index in [2.05, 4.69) is 16.3 Å². The molecule has 0 N–H and O–H groups in total. The van der Waals surface area contributed by atoms with Crippen molar-refractivity contribution in [2.75, 3.05) is 17.2 Å². The van der Waals surface area contributed by atoms with Crippen LogP contribution in [0, 0.1) is 18.3 Å². The van der Waals surface area contributed by atoms with Gasteiger partial charge in [0.15, 0.2) is 11.0 Å². The highest BCUT2D eigenvalue weighted by Crippen LogP contribution is 2.29. The maximum atomic E-state index is 13.0. The summed E-state index contributed by atoms with van der Waals surface area (Å²) in [4.78, 5) is 14.5. The van der Waals surface area contributed by atoms with Crippen LogP contribution >= 0.6 is 23.4 Å². The Kier molecular flexibility index (Phi) is 7.08. The topological polar surface area (TPSA) is 74.8 Å². The van der Waals surface area contributed by atoms with Crippen LogP contribution in [0.1, 0.15) is 5.56 Å². The minimum Gasteiger partial charge on any atom is -0.298 e. The first kappa shape index (κ1) is 22.6. The van der Waals surface area contributed by atoms with Crippen molar-refractivity contribution in [2.45, 2.75) is 12.1 Å². The molecule has 0 atom stereocenters. The number of aromatic nitrogens is 3. The third kappa shape index (κ3) is 5.25. The molecular weight excluding hydrogens is 454 g/mol. The van der Waals surface area contributed by atoms with Gasteiger partial charge in [0.2, 0.25) is 5.91 Å². The zero-order valence-electron chi connectivity index (χ0n) is 17.9. The molecule has 3 aromatic carbocycles. The van der Waals surface area contributed by atoms with Crippen LogP contribution in [0.25, 0.3) is 17.1 Å². The van der Waals surface area contributed by atoms with Crippen molar-refractivity contribution in [2.24, 2.45) is 0 Å². The largest absolute Gasteiger partial charge is 0.298 e. The normalized spacial score (nSPS) is 10.6. The summed E-state index contributed by atoms with van der Waals surface area (Å²) in [6.45, 7) is 2.00. The Morgan fingerprint density at radius 1 is 1.06 bits per heavy atom. The van der Waals surface area contributed by atoms with Crippen LogP contribution in [0.2, 0.25) is 5.02 Å². The van der Waals surface area contributed by atoms with Gasteiger partial charge >= 0.3 is 0 Å². The van der Waals surface area contributed by atoms with E-state index in [-0.39, 0.29) is 18.2 Å². The van der Waals surface area contributed by atoms with Crippen molar-refractivity contribution in [3.05, 3.63) is 89.4 Å². The molecule has 0 aliphatic rings. The van der Waals surface area contributed by atoms with Gasteiger partial charge in [-0.2, -0.15) is 5.26 Å². The lowest BCUT2D eigenvalue weighted by atomic mass is 10.1. The molecule has 0 saturated carbocycles. The number of rotatable bonds is 7. The van der Waals surface area contributed by atoms with Gasteiger partial charge in [-0.1, -0.05) is 65.3 Å². The molecule has 0 fully saturated rings. The average Bonchev–Trinajstić information content (AvgIpc) is 3.26. The smallest absolute Gasteiger partial charge is 0.238 e. The maximum absolute atomic E-state index is 13.0. The number of amides is 1. The Bertz CT molecular complexity index is 1300. The number of halogens is 1. The molecule has 1 aromatic heterocycles. The number of nitriles is 1. The van der Waals surface area contributed by atoms with Crippen molar-refractivity contribution in [1.29, 1.82) is 5.26 Å². The summed E-state index contributed by atoms with van der Waals surface area (Å²) in [7, 11) is 0. The van der Waals surface area contributed by atoms with E-state index >= 15 is 0 Å². The molecule has 4 aromatic rings. The predicted molar refractivity (Wildman–Crippen MR) is 132 cm³/mol. The summed E-state index contributed by atoms with van der Waals surface area (Å²) in [5.41, 5.74) is 3.56. The molecular formula is C25H20ClN5OS. The number of thioether (sulfide) groups is 1. The molecule has 33 heavy (non-hydrogen) atoms. The first-order valence-electron chi connectivity index (χ1n) is 10.2. The van der Waals surface area contributed by atoms with Gasteiger partial charge in [0.25, 0.3) is 0 Å². The van der Waals surface area contributed by atoms with Crippen molar-refractivity contribution in [3.63, 3.8) is 0 Å². The van der Waals surface area contributed by atoms with Crippen molar-refractivity contribution in [1.82, 2.24) is 14.8 Å². The fourth-order valence-corrected chi connectivity index (χ4v) is 4.32. The first-order valence-corrected chi connectivity index (χ1v) is 11.6. The van der Waals surface area contributed by atoms with Crippen LogP contribution in [0.4, 0.5) is 5.69 Å². The van der Waals surface area contributed by atoms with E-state index in [1.165, 1.54) is 16.7 Å². The van der Waals surface area contributed by atoms with E-state index in [1.807, 2.05) is 78.2 Å². The van der Waals surface area contributed by atoms with Crippen LogP contribution in [0.5, 0.6) is 0 Å². The van der Waals surface area contributed by atoms with Gasteiger partial charge in [0, 0.05) is 22.0 Å². The van der Waals surface area contributed by atoms with Crippen molar-refractivity contribution in [3.8, 4) is 23.1 Å². The van der Waals surface area contributed by atoms with Gasteiger partial charge in [-0.25, -0.2) is 0 Å². The molecule has 4 rings (SSSR count). The fourth-order valence-electron chi connectivity index (χ4n) is 3.36. The van der Waals surface area contributed by atoms with Gasteiger partial charge in [-0.15, -0.1) is 10.2 Å². The number of para-hydroxylation sites is 1. The molecule has 0 aliphatic carbocycles. The van der Waals surface area contributed by atoms with E-state index in [1.54, 1.807) is 12.1 Å². The molecule has 0 radical (unpaired) electrons. The van der Waals surface area contributed by atoms with Gasteiger partial charge in [0.1, 0.15) is 6.54 Å². The SMILES string of the molecule is Cc1cccc(-c2nnc(SCC(=O)N(CC#N)c3ccccc3)n2-c2ccc(Cl)cc2)c1. The molecule has 0 saturated heterocycles. The van der Waals surface area contributed by atoms with Gasteiger partial charge in [0.05, 0.1) is 11.8 Å². The van der Waals surface area contributed by atoms with Crippen LogP contribution in [0.15, 0.2) is 84.0 Å². The first-order chi connectivity index (χ1) is 16.1. The monoisotopic (exact) mass is 473 g/mol. The number of carbonyl (C=O) groups is 1. The molecule has 1 heterocycles. The molecule has 164 valence electrons. The predicted octanol–water partition coefficient (Wildman–Crippen LogP) is 5.55. The van der Waals surface area contributed by atoms with Crippen LogP contribution < -0.4 is 4.90 Å². The van der Waals surface area contributed by atoms with Gasteiger partial charge < -0.3 is 0 Å². The molecule has 1 amide bonds. The Balaban J connectivity index is 1.66. The lowest BCUT2D eigenvalue weighted by molar-refractivity contribution is -0.116. The number of anilines is 1. The van der Waals surface area contributed by atoms with E-state index in [4.69, 9.17) is 11.6 Å². The van der Waals surface area contributed by atoms with Crippen molar-refractivity contribution >= 4 is 35.0 Å². The number of benzene rings is 3. The number of nitrogens with zero attached hydrogens (tertiary/aromatic N) is 5. The van der Waals surface area contributed by atoms with E-state index in [0.717, 1.165) is 16.8 Å². The molecule has 8 heteroatoms. The minimum atomic E-state index is -0.185. The molecule has 0 bridgehead atoms. The van der Waals surface area contributed by atoms with Crippen molar-refractivity contribution < 1.29 is 4.79 Å². The lowest BCUT2D eigenvalue weighted by Gasteiger charge is -2.19. The quantitative estimate of drug-likeness (QED) is 0.260. The highest BCUT2D eigenvalue weighted by atomic mass is 35.5. The van der Waals surface area contributed by atoms with E-state index in [9.17, 15) is 10.1 Å². The number of hydrogen-bond donors (Lipinski definition) is 0. The Labute approximate surface area is 201 Å². The van der Waals surface area contributed by atoms with E-state index in [0.29, 0.717) is 21.7 Å². The molecule has 0 aliphatic heterocycles.